The molecule has 0 saturated heterocycles. The molecule has 10 rings (SSSR count). The summed E-state index contributed by atoms with van der Waals surface area (Å²) < 4.78 is 30.3. The fraction of sp³-hybridized carbons (Fsp3) is 0. The number of benzene rings is 10. The average molecular weight is 859 g/mol. The molecule has 0 spiro atoms. The van der Waals surface area contributed by atoms with Crippen molar-refractivity contribution in [1.82, 2.24) is 0 Å². The highest BCUT2D eigenvalue weighted by atomic mass is 31.2. The molecule has 0 N–H and O–H groups in total. The van der Waals surface area contributed by atoms with Crippen molar-refractivity contribution in [3.05, 3.63) is 267 Å². The quantitative estimate of drug-likeness (QED) is 0.121. The van der Waals surface area contributed by atoms with Crippen molar-refractivity contribution in [2.45, 2.75) is 0 Å². The third kappa shape index (κ3) is 7.52. The summed E-state index contributed by atoms with van der Waals surface area (Å²) in [5.74, 6) is 0. The molecule has 64 heavy (non-hydrogen) atoms. The Balaban J connectivity index is 1.03. The molecule has 0 bridgehead atoms. The summed E-state index contributed by atoms with van der Waals surface area (Å²) in [7, 11) is -6.23. The Hall–Kier alpha value is -7.34. The van der Waals surface area contributed by atoms with Crippen molar-refractivity contribution in [3.63, 3.8) is 0 Å². The molecule has 0 fully saturated rings. The highest BCUT2D eigenvalue weighted by molar-refractivity contribution is 7.85. The van der Waals surface area contributed by atoms with Gasteiger partial charge in [0.15, 0.2) is 14.3 Å². The van der Waals surface area contributed by atoms with Crippen LogP contribution in [0.2, 0.25) is 0 Å². The van der Waals surface area contributed by atoms with Gasteiger partial charge in [-0.3, -0.25) is 0 Å². The van der Waals surface area contributed by atoms with E-state index in [9.17, 15) is 0 Å². The van der Waals surface area contributed by atoms with Gasteiger partial charge in [0.05, 0.1) is 0 Å². The van der Waals surface area contributed by atoms with Crippen LogP contribution in [-0.4, -0.2) is 0 Å². The second-order valence-electron chi connectivity index (χ2n) is 15.8. The lowest BCUT2D eigenvalue weighted by atomic mass is 9.85. The lowest BCUT2D eigenvalue weighted by Crippen LogP contribution is -2.24. The zero-order chi connectivity index (χ0) is 43.4. The lowest BCUT2D eigenvalue weighted by Gasteiger charge is -2.21. The molecule has 0 unspecified atom stereocenters. The van der Waals surface area contributed by atoms with E-state index in [1.54, 1.807) is 0 Å². The molecule has 4 heteroatoms. The van der Waals surface area contributed by atoms with E-state index >= 15 is 9.13 Å². The normalized spacial score (nSPS) is 11.6. The van der Waals surface area contributed by atoms with Crippen molar-refractivity contribution in [2.75, 3.05) is 0 Å². The van der Waals surface area contributed by atoms with Crippen molar-refractivity contribution in [1.29, 1.82) is 0 Å². The van der Waals surface area contributed by atoms with E-state index in [0.717, 1.165) is 87.5 Å². The molecule has 0 aliphatic carbocycles. The first-order chi connectivity index (χ1) is 31.5. The van der Waals surface area contributed by atoms with Gasteiger partial charge < -0.3 is 9.13 Å². The van der Waals surface area contributed by atoms with Crippen molar-refractivity contribution in [3.8, 4) is 55.6 Å². The smallest absolute Gasteiger partial charge is 0.171 e. The molecule has 0 atom stereocenters. The summed E-state index contributed by atoms with van der Waals surface area (Å²) in [6.07, 6.45) is 0. The Morgan fingerprint density at radius 1 is 0.172 bits per heavy atom. The Bertz CT molecular complexity index is 2980. The number of hydrogen-bond acceptors (Lipinski definition) is 2. The van der Waals surface area contributed by atoms with E-state index in [1.165, 1.54) is 0 Å². The van der Waals surface area contributed by atoms with E-state index in [1.807, 2.05) is 146 Å². The minimum absolute atomic E-state index is 0.801. The SMILES string of the molecule is O=P(c1ccccc1)(c1ccccc1)c1ccc(-c2ccccc2-c2ccccc2-c2ccccc2-c2ccccc2-c2ccc(P(=O)(c3ccccc3)c3ccccc3)cc2)cc1. The summed E-state index contributed by atoms with van der Waals surface area (Å²) in [5, 5.41) is 4.87. The fourth-order valence-corrected chi connectivity index (χ4v) is 14.3. The van der Waals surface area contributed by atoms with E-state index in [4.69, 9.17) is 0 Å². The van der Waals surface area contributed by atoms with Crippen LogP contribution in [0.5, 0.6) is 0 Å². The third-order valence-electron chi connectivity index (χ3n) is 12.1. The van der Waals surface area contributed by atoms with Crippen LogP contribution in [0.1, 0.15) is 0 Å². The second kappa shape index (κ2) is 17.8. The van der Waals surface area contributed by atoms with Gasteiger partial charge >= 0.3 is 0 Å². The highest BCUT2D eigenvalue weighted by Gasteiger charge is 2.31. The Kier molecular flexibility index (Phi) is 11.3. The van der Waals surface area contributed by atoms with Gasteiger partial charge in [0, 0.05) is 31.8 Å². The molecule has 0 amide bonds. The maximum atomic E-state index is 15.2. The Morgan fingerprint density at radius 2 is 0.344 bits per heavy atom. The molecule has 306 valence electrons. The average Bonchev–Trinajstić information content (AvgIpc) is 3.39. The zero-order valence-corrected chi connectivity index (χ0v) is 36.9. The second-order valence-corrected chi connectivity index (χ2v) is 21.4. The molecule has 0 aliphatic heterocycles. The van der Waals surface area contributed by atoms with Crippen LogP contribution in [-0.2, 0) is 9.13 Å². The van der Waals surface area contributed by atoms with Crippen LogP contribution in [0.4, 0.5) is 0 Å². The molecule has 10 aromatic carbocycles. The molecule has 0 heterocycles. The van der Waals surface area contributed by atoms with Crippen molar-refractivity contribution in [2.24, 2.45) is 0 Å². The summed E-state index contributed by atoms with van der Waals surface area (Å²) in [5.41, 5.74) is 11.0. The van der Waals surface area contributed by atoms with Crippen LogP contribution >= 0.6 is 14.3 Å². The van der Waals surface area contributed by atoms with Gasteiger partial charge in [0.1, 0.15) is 0 Å². The largest absolute Gasteiger partial charge is 0.309 e. The van der Waals surface area contributed by atoms with Crippen molar-refractivity contribution >= 4 is 46.1 Å². The third-order valence-corrected chi connectivity index (χ3v) is 18.3. The van der Waals surface area contributed by atoms with Crippen molar-refractivity contribution < 1.29 is 9.13 Å². The molecule has 10 aromatic rings. The number of rotatable bonds is 11. The zero-order valence-electron chi connectivity index (χ0n) is 35.1. The van der Waals surface area contributed by atoms with E-state index < -0.39 is 14.3 Å². The number of hydrogen-bond donors (Lipinski definition) is 0. The van der Waals surface area contributed by atoms with Gasteiger partial charge in [-0.25, -0.2) is 0 Å². The minimum atomic E-state index is -3.12. The fourth-order valence-electron chi connectivity index (χ4n) is 8.99. The summed E-state index contributed by atoms with van der Waals surface area (Å²) >= 11 is 0. The van der Waals surface area contributed by atoms with Crippen LogP contribution in [0.15, 0.2) is 267 Å². The highest BCUT2D eigenvalue weighted by Crippen LogP contribution is 2.46. The van der Waals surface area contributed by atoms with Gasteiger partial charge in [-0.05, 0) is 55.6 Å². The molecule has 2 nitrogen and oxygen atoms in total. The molecule has 0 aromatic heterocycles. The van der Waals surface area contributed by atoms with Gasteiger partial charge in [-0.1, -0.05) is 267 Å². The monoisotopic (exact) mass is 858 g/mol. The summed E-state index contributed by atoms with van der Waals surface area (Å²) in [4.78, 5) is 0. The summed E-state index contributed by atoms with van der Waals surface area (Å²) in [6.45, 7) is 0. The summed E-state index contributed by atoms with van der Waals surface area (Å²) in [6, 6.07) is 90.3. The van der Waals surface area contributed by atoms with Gasteiger partial charge in [-0.2, -0.15) is 0 Å². The minimum Gasteiger partial charge on any atom is -0.309 e. The van der Waals surface area contributed by atoms with E-state index in [0.29, 0.717) is 0 Å². The standard InChI is InChI=1S/C60H44O2P2/c61-63(47-21-5-1-6-22-47,48-23-7-2-8-24-48)51-41-37-45(38-42-51)53-29-13-15-31-55(53)57-33-17-19-35-59(57)60-36-20-18-34-58(60)56-32-16-14-30-54(56)46-39-43-52(44-40-46)64(62,49-25-9-3-10-26-49)50-27-11-4-12-28-50/h1-44H. The first-order valence-electron chi connectivity index (χ1n) is 21.6. The molecule has 0 aliphatic rings. The molecular weight excluding hydrogens is 815 g/mol. The molecule has 0 radical (unpaired) electrons. The predicted octanol–water partition coefficient (Wildman–Crippen LogP) is 13.3. The maximum Gasteiger partial charge on any atom is 0.171 e. The Labute approximate surface area is 376 Å². The first kappa shape index (κ1) is 40.7. The maximum absolute atomic E-state index is 15.2. The van der Waals surface area contributed by atoms with Crippen LogP contribution < -0.4 is 31.8 Å². The van der Waals surface area contributed by atoms with Crippen LogP contribution in [0.3, 0.4) is 0 Å². The topological polar surface area (TPSA) is 34.1 Å². The van der Waals surface area contributed by atoms with Crippen LogP contribution in [0, 0.1) is 0 Å². The van der Waals surface area contributed by atoms with Gasteiger partial charge in [0.2, 0.25) is 0 Å². The van der Waals surface area contributed by atoms with E-state index in [2.05, 4.69) is 121 Å². The van der Waals surface area contributed by atoms with E-state index in [-0.39, 0.29) is 0 Å². The van der Waals surface area contributed by atoms with Crippen LogP contribution in [0.25, 0.3) is 55.6 Å². The van der Waals surface area contributed by atoms with Gasteiger partial charge in [0.25, 0.3) is 0 Å². The predicted molar refractivity (Wildman–Crippen MR) is 272 cm³/mol. The lowest BCUT2D eigenvalue weighted by molar-refractivity contribution is 0.591. The van der Waals surface area contributed by atoms with Gasteiger partial charge in [-0.15, -0.1) is 0 Å². The molecular formula is C60H44O2P2. The molecule has 0 saturated carbocycles. The first-order valence-corrected chi connectivity index (χ1v) is 25.0. The Morgan fingerprint density at radius 3 is 0.578 bits per heavy atom.